The van der Waals surface area contributed by atoms with E-state index in [0.29, 0.717) is 12.8 Å². The zero-order valence-electron chi connectivity index (χ0n) is 11.0. The molecule has 1 atom stereocenters. The Balaban J connectivity index is 2.50. The van der Waals surface area contributed by atoms with Crippen molar-refractivity contribution in [3.8, 4) is 0 Å². The fourth-order valence-corrected chi connectivity index (χ4v) is 2.81. The molecular weight excluding hydrogens is 248 g/mol. The van der Waals surface area contributed by atoms with Gasteiger partial charge in [-0.2, -0.15) is 0 Å². The third-order valence-corrected chi connectivity index (χ3v) is 3.66. The number of imide groups is 2. The Morgan fingerprint density at radius 2 is 1.84 bits per heavy atom. The minimum Gasteiger partial charge on any atom is -0.275 e. The molecule has 0 aromatic heterocycles. The van der Waals surface area contributed by atoms with E-state index in [-0.39, 0.29) is 13.0 Å². The highest BCUT2D eigenvalue weighted by Crippen LogP contribution is 2.35. The molecule has 4 amide bonds. The number of carbonyl (C=O) groups is 4. The highest BCUT2D eigenvalue weighted by atomic mass is 16.2. The van der Waals surface area contributed by atoms with Crippen LogP contribution in [-0.2, 0) is 19.2 Å². The molecule has 1 unspecified atom stereocenters. The molecule has 1 fully saturated rings. The number of piperazine rings is 1. The smallest absolute Gasteiger partial charge is 0.256 e. The van der Waals surface area contributed by atoms with E-state index in [1.54, 1.807) is 6.08 Å². The van der Waals surface area contributed by atoms with Gasteiger partial charge in [-0.3, -0.25) is 29.0 Å². The van der Waals surface area contributed by atoms with Crippen molar-refractivity contribution in [3.05, 3.63) is 12.2 Å². The van der Waals surface area contributed by atoms with Crippen LogP contribution in [0.15, 0.2) is 12.2 Å². The van der Waals surface area contributed by atoms with Crippen LogP contribution in [0.2, 0.25) is 0 Å². The molecule has 2 rings (SSSR count). The number of rotatable bonds is 0. The number of hydrogen-bond acceptors (Lipinski definition) is 4. The number of nitrogens with zero attached hydrogens (tertiary/aromatic N) is 2. The van der Waals surface area contributed by atoms with Gasteiger partial charge in [0.25, 0.3) is 5.91 Å². The summed E-state index contributed by atoms with van der Waals surface area (Å²) in [7, 11) is 0. The van der Waals surface area contributed by atoms with Gasteiger partial charge < -0.3 is 0 Å². The first-order chi connectivity index (χ1) is 8.90. The maximum absolute atomic E-state index is 12.5. The number of allylic oxidation sites excluding steroid dienone is 1. The first-order valence-corrected chi connectivity index (χ1v) is 6.21. The molecule has 1 saturated heterocycles. The molecule has 1 aliphatic heterocycles. The van der Waals surface area contributed by atoms with Crippen LogP contribution in [0.1, 0.15) is 33.1 Å². The number of carbonyl (C=O) groups excluding carboxylic acids is 4. The minimum absolute atomic E-state index is 0.279. The van der Waals surface area contributed by atoms with Crippen molar-refractivity contribution in [2.24, 2.45) is 0 Å². The van der Waals surface area contributed by atoms with E-state index in [4.69, 9.17) is 0 Å². The van der Waals surface area contributed by atoms with Crippen LogP contribution in [0, 0.1) is 0 Å². The molecule has 1 heterocycles. The molecule has 6 nitrogen and oxygen atoms in total. The summed E-state index contributed by atoms with van der Waals surface area (Å²) in [6, 6.07) is 0. The van der Waals surface area contributed by atoms with Crippen molar-refractivity contribution in [1.82, 2.24) is 9.80 Å². The van der Waals surface area contributed by atoms with Crippen LogP contribution in [0.25, 0.3) is 0 Å². The topological polar surface area (TPSA) is 74.8 Å². The highest BCUT2D eigenvalue weighted by molar-refractivity contribution is 6.12. The summed E-state index contributed by atoms with van der Waals surface area (Å²) in [5, 5.41) is 0. The SMILES string of the molecule is CC(=O)N1CC(=O)N(C(C)=O)C2(CC=CCC2)C1=O. The lowest BCUT2D eigenvalue weighted by Gasteiger charge is -2.47. The molecule has 6 heteroatoms. The van der Waals surface area contributed by atoms with E-state index in [9.17, 15) is 19.2 Å². The van der Waals surface area contributed by atoms with Crippen LogP contribution in [0.5, 0.6) is 0 Å². The molecule has 1 aliphatic carbocycles. The fraction of sp³-hybridized carbons (Fsp3) is 0.538. The van der Waals surface area contributed by atoms with Gasteiger partial charge in [0.2, 0.25) is 17.7 Å². The van der Waals surface area contributed by atoms with E-state index in [2.05, 4.69) is 0 Å². The lowest BCUT2D eigenvalue weighted by molar-refractivity contribution is -0.174. The lowest BCUT2D eigenvalue weighted by atomic mass is 9.80. The molecule has 19 heavy (non-hydrogen) atoms. The fourth-order valence-electron chi connectivity index (χ4n) is 2.81. The van der Waals surface area contributed by atoms with Crippen molar-refractivity contribution in [3.63, 3.8) is 0 Å². The van der Waals surface area contributed by atoms with E-state index in [1.165, 1.54) is 13.8 Å². The number of amides is 4. The van der Waals surface area contributed by atoms with Crippen LogP contribution in [0.4, 0.5) is 0 Å². The van der Waals surface area contributed by atoms with Crippen molar-refractivity contribution < 1.29 is 19.2 Å². The van der Waals surface area contributed by atoms with Gasteiger partial charge in [0, 0.05) is 13.8 Å². The summed E-state index contributed by atoms with van der Waals surface area (Å²) in [4.78, 5) is 49.8. The van der Waals surface area contributed by atoms with E-state index in [1.807, 2.05) is 6.08 Å². The van der Waals surface area contributed by atoms with Crippen molar-refractivity contribution >= 4 is 23.6 Å². The Bertz CT molecular complexity index is 497. The van der Waals surface area contributed by atoms with Crippen molar-refractivity contribution in [1.29, 1.82) is 0 Å². The zero-order valence-corrected chi connectivity index (χ0v) is 11.0. The molecule has 0 aromatic carbocycles. The summed E-state index contributed by atoms with van der Waals surface area (Å²) in [6.45, 7) is 2.18. The van der Waals surface area contributed by atoms with Crippen molar-refractivity contribution in [2.75, 3.05) is 6.54 Å². The minimum atomic E-state index is -1.21. The quantitative estimate of drug-likeness (QED) is 0.587. The molecule has 0 aromatic rings. The number of hydrogen-bond donors (Lipinski definition) is 0. The van der Waals surface area contributed by atoms with Gasteiger partial charge in [0.15, 0.2) is 0 Å². The zero-order chi connectivity index (χ0) is 14.2. The second-order valence-electron chi connectivity index (χ2n) is 4.90. The van der Waals surface area contributed by atoms with Crippen LogP contribution in [0.3, 0.4) is 0 Å². The predicted molar refractivity (Wildman–Crippen MR) is 65.6 cm³/mol. The van der Waals surface area contributed by atoms with Gasteiger partial charge in [0.05, 0.1) is 0 Å². The summed E-state index contributed by atoms with van der Waals surface area (Å²) in [5.41, 5.74) is -1.21. The highest BCUT2D eigenvalue weighted by Gasteiger charge is 2.54. The van der Waals surface area contributed by atoms with E-state index < -0.39 is 29.2 Å². The molecule has 1 spiro atoms. The van der Waals surface area contributed by atoms with Gasteiger partial charge in [0.1, 0.15) is 12.1 Å². The Morgan fingerprint density at radius 1 is 1.16 bits per heavy atom. The average Bonchev–Trinajstić information content (AvgIpc) is 2.34. The Morgan fingerprint density at radius 3 is 2.32 bits per heavy atom. The molecule has 0 saturated carbocycles. The Labute approximate surface area is 111 Å². The molecule has 102 valence electrons. The summed E-state index contributed by atoms with van der Waals surface area (Å²) >= 11 is 0. The summed E-state index contributed by atoms with van der Waals surface area (Å²) in [5.74, 6) is -1.84. The molecule has 0 radical (unpaired) electrons. The lowest BCUT2D eigenvalue weighted by Crippen LogP contribution is -2.70. The van der Waals surface area contributed by atoms with Crippen molar-refractivity contribution in [2.45, 2.75) is 38.6 Å². The molecule has 2 aliphatic rings. The van der Waals surface area contributed by atoms with Gasteiger partial charge >= 0.3 is 0 Å². The molecule has 0 N–H and O–H groups in total. The van der Waals surface area contributed by atoms with E-state index >= 15 is 0 Å². The predicted octanol–water partition coefficient (Wildman–Crippen LogP) is 0.229. The maximum atomic E-state index is 12.5. The third-order valence-electron chi connectivity index (χ3n) is 3.66. The average molecular weight is 264 g/mol. The molecule has 0 bridgehead atoms. The second-order valence-corrected chi connectivity index (χ2v) is 4.90. The van der Waals surface area contributed by atoms with Crippen LogP contribution < -0.4 is 0 Å². The first kappa shape index (κ1) is 13.5. The van der Waals surface area contributed by atoms with Gasteiger partial charge in [-0.15, -0.1) is 0 Å². The third kappa shape index (κ3) is 1.97. The second kappa shape index (κ2) is 4.60. The van der Waals surface area contributed by atoms with Gasteiger partial charge in [-0.25, -0.2) is 0 Å². The normalized spacial score (nSPS) is 27.1. The monoisotopic (exact) mass is 264 g/mol. The largest absolute Gasteiger partial charge is 0.275 e. The Hall–Kier alpha value is -1.98. The maximum Gasteiger partial charge on any atom is 0.256 e. The van der Waals surface area contributed by atoms with Crippen LogP contribution >= 0.6 is 0 Å². The summed E-state index contributed by atoms with van der Waals surface area (Å²) < 4.78 is 0. The standard InChI is InChI=1S/C13H16N2O4/c1-9(16)14-8-11(18)15(10(2)17)13(12(14)19)6-4-3-5-7-13/h3-4H,5-8H2,1-2H3. The molecular formula is C13H16N2O4. The van der Waals surface area contributed by atoms with Gasteiger partial charge in [-0.1, -0.05) is 12.2 Å². The van der Waals surface area contributed by atoms with Crippen LogP contribution in [-0.4, -0.2) is 45.5 Å². The van der Waals surface area contributed by atoms with Gasteiger partial charge in [-0.05, 0) is 19.3 Å². The summed E-state index contributed by atoms with van der Waals surface area (Å²) in [6.07, 6.45) is 4.95. The van der Waals surface area contributed by atoms with E-state index in [0.717, 1.165) is 9.80 Å². The Kier molecular flexibility index (Phi) is 3.26. The first-order valence-electron chi connectivity index (χ1n) is 6.21.